The van der Waals surface area contributed by atoms with Crippen LogP contribution in [0.25, 0.3) is 11.1 Å². The Labute approximate surface area is 132 Å². The number of hydrogen-bond acceptors (Lipinski definition) is 5. The molecule has 4 rings (SSSR count). The number of hydrogen-bond donors (Lipinski definition) is 1. The number of benzene rings is 2. The van der Waals surface area contributed by atoms with Crippen molar-refractivity contribution < 1.29 is 18.7 Å². The Kier molecular flexibility index (Phi) is 3.15. The number of carbonyl (C=O) groups excluding carboxylic acids is 1. The van der Waals surface area contributed by atoms with Crippen LogP contribution in [0.3, 0.4) is 0 Å². The Morgan fingerprint density at radius 2 is 2.04 bits per heavy atom. The lowest BCUT2D eigenvalue weighted by atomic mass is 10.1. The van der Waals surface area contributed by atoms with Crippen LogP contribution in [-0.4, -0.2) is 17.7 Å². The first-order valence-electron chi connectivity index (χ1n) is 7.23. The van der Waals surface area contributed by atoms with Gasteiger partial charge in [0.05, 0.1) is 0 Å². The highest BCUT2D eigenvalue weighted by Crippen LogP contribution is 2.32. The predicted octanol–water partition coefficient (Wildman–Crippen LogP) is 2.79. The normalized spacial score (nSPS) is 12.6. The third-order valence-electron chi connectivity index (χ3n) is 3.65. The zero-order chi connectivity index (χ0) is 15.8. The molecular weight excluding hydrogens is 296 g/mol. The summed E-state index contributed by atoms with van der Waals surface area (Å²) in [5.41, 5.74) is 2.85. The fraction of sp³-hybridized carbons (Fsp3) is 0.176. The number of amides is 1. The number of ether oxygens (including phenoxy) is 2. The molecule has 0 spiro atoms. The molecule has 0 radical (unpaired) electrons. The first-order valence-corrected chi connectivity index (χ1v) is 7.23. The van der Waals surface area contributed by atoms with Crippen LogP contribution in [0.5, 0.6) is 11.5 Å². The van der Waals surface area contributed by atoms with E-state index in [9.17, 15) is 4.79 Å². The molecule has 1 aliphatic heterocycles. The van der Waals surface area contributed by atoms with Gasteiger partial charge >= 0.3 is 0 Å². The largest absolute Gasteiger partial charge is 0.454 e. The number of nitrogens with one attached hydrogen (secondary N) is 1. The third kappa shape index (κ3) is 2.59. The molecule has 0 saturated heterocycles. The molecule has 6 heteroatoms. The number of nitrogens with zero attached hydrogens (tertiary/aromatic N) is 1. The molecule has 2 aromatic carbocycles. The molecule has 0 unspecified atom stereocenters. The van der Waals surface area contributed by atoms with Crippen LogP contribution in [0.15, 0.2) is 40.8 Å². The van der Waals surface area contributed by atoms with E-state index in [1.165, 1.54) is 0 Å². The number of carbonyl (C=O) groups is 1. The molecule has 6 nitrogen and oxygen atoms in total. The molecular formula is C17H14N2O4. The SMILES string of the molecule is Cc1nc2cc(C(=O)NCc3ccc4c(c3)OCO4)ccc2o1. The van der Waals surface area contributed by atoms with Crippen molar-refractivity contribution in [2.45, 2.75) is 13.5 Å². The zero-order valence-corrected chi connectivity index (χ0v) is 12.5. The molecule has 0 bridgehead atoms. The molecule has 0 atom stereocenters. The second-order valence-corrected chi connectivity index (χ2v) is 5.29. The lowest BCUT2D eigenvalue weighted by molar-refractivity contribution is 0.0951. The second kappa shape index (κ2) is 5.31. The smallest absolute Gasteiger partial charge is 0.251 e. The molecule has 0 aliphatic carbocycles. The second-order valence-electron chi connectivity index (χ2n) is 5.29. The number of aryl methyl sites for hydroxylation is 1. The van der Waals surface area contributed by atoms with E-state index in [0.29, 0.717) is 34.8 Å². The van der Waals surface area contributed by atoms with Crippen molar-refractivity contribution in [1.29, 1.82) is 0 Å². The van der Waals surface area contributed by atoms with E-state index in [0.717, 1.165) is 11.3 Å². The van der Waals surface area contributed by atoms with Crippen molar-refractivity contribution in [1.82, 2.24) is 10.3 Å². The summed E-state index contributed by atoms with van der Waals surface area (Å²) >= 11 is 0. The van der Waals surface area contributed by atoms with Crippen molar-refractivity contribution in [3.8, 4) is 11.5 Å². The quantitative estimate of drug-likeness (QED) is 0.805. The van der Waals surface area contributed by atoms with E-state index in [-0.39, 0.29) is 12.7 Å². The van der Waals surface area contributed by atoms with Gasteiger partial charge in [-0.3, -0.25) is 4.79 Å². The summed E-state index contributed by atoms with van der Waals surface area (Å²) in [7, 11) is 0. The average Bonchev–Trinajstić information content (AvgIpc) is 3.16. The van der Waals surface area contributed by atoms with Gasteiger partial charge in [0.15, 0.2) is 23.0 Å². The number of rotatable bonds is 3. The Bertz CT molecular complexity index is 901. The molecule has 0 saturated carbocycles. The van der Waals surface area contributed by atoms with Crippen LogP contribution in [0.2, 0.25) is 0 Å². The molecule has 1 N–H and O–H groups in total. The van der Waals surface area contributed by atoms with Crippen molar-refractivity contribution >= 4 is 17.0 Å². The highest BCUT2D eigenvalue weighted by atomic mass is 16.7. The summed E-state index contributed by atoms with van der Waals surface area (Å²) < 4.78 is 16.0. The highest BCUT2D eigenvalue weighted by molar-refractivity contribution is 5.97. The van der Waals surface area contributed by atoms with Gasteiger partial charge in [-0.05, 0) is 35.9 Å². The van der Waals surface area contributed by atoms with Gasteiger partial charge in [0.2, 0.25) is 6.79 Å². The van der Waals surface area contributed by atoms with Crippen LogP contribution >= 0.6 is 0 Å². The van der Waals surface area contributed by atoms with Gasteiger partial charge in [0.1, 0.15) is 5.52 Å². The molecule has 116 valence electrons. The van der Waals surface area contributed by atoms with E-state index in [2.05, 4.69) is 10.3 Å². The van der Waals surface area contributed by atoms with Crippen LogP contribution in [0, 0.1) is 6.92 Å². The van der Waals surface area contributed by atoms with Crippen LogP contribution in [0.4, 0.5) is 0 Å². The standard InChI is InChI=1S/C17H14N2O4/c1-10-19-13-7-12(3-5-14(13)23-10)17(20)18-8-11-2-4-15-16(6-11)22-9-21-15/h2-7H,8-9H2,1H3,(H,18,20). The van der Waals surface area contributed by atoms with Gasteiger partial charge < -0.3 is 19.2 Å². The van der Waals surface area contributed by atoms with Gasteiger partial charge in [-0.25, -0.2) is 4.98 Å². The monoisotopic (exact) mass is 310 g/mol. The minimum atomic E-state index is -0.162. The van der Waals surface area contributed by atoms with Crippen molar-refractivity contribution in [3.63, 3.8) is 0 Å². The van der Waals surface area contributed by atoms with Crippen molar-refractivity contribution in [2.75, 3.05) is 6.79 Å². The topological polar surface area (TPSA) is 73.6 Å². The Morgan fingerprint density at radius 1 is 1.17 bits per heavy atom. The Balaban J connectivity index is 1.48. The van der Waals surface area contributed by atoms with E-state index in [1.807, 2.05) is 18.2 Å². The lowest BCUT2D eigenvalue weighted by Gasteiger charge is -2.06. The first kappa shape index (κ1) is 13.6. The molecule has 2 heterocycles. The Morgan fingerprint density at radius 3 is 2.96 bits per heavy atom. The molecule has 1 aromatic heterocycles. The van der Waals surface area contributed by atoms with Gasteiger partial charge in [-0.1, -0.05) is 6.07 Å². The van der Waals surface area contributed by atoms with Gasteiger partial charge in [-0.15, -0.1) is 0 Å². The van der Waals surface area contributed by atoms with E-state index >= 15 is 0 Å². The van der Waals surface area contributed by atoms with E-state index in [4.69, 9.17) is 13.9 Å². The number of aromatic nitrogens is 1. The van der Waals surface area contributed by atoms with E-state index in [1.54, 1.807) is 25.1 Å². The minimum absolute atomic E-state index is 0.162. The van der Waals surface area contributed by atoms with Crippen molar-refractivity contribution in [3.05, 3.63) is 53.4 Å². The maximum Gasteiger partial charge on any atom is 0.251 e. The summed E-state index contributed by atoms with van der Waals surface area (Å²) in [6.45, 7) is 2.42. The zero-order valence-electron chi connectivity index (χ0n) is 12.5. The highest BCUT2D eigenvalue weighted by Gasteiger charge is 2.14. The first-order chi connectivity index (χ1) is 11.2. The minimum Gasteiger partial charge on any atom is -0.454 e. The molecule has 0 fully saturated rings. The number of fused-ring (bicyclic) bond motifs is 2. The fourth-order valence-corrected chi connectivity index (χ4v) is 2.52. The number of oxazole rings is 1. The summed E-state index contributed by atoms with van der Waals surface area (Å²) in [6, 6.07) is 10.8. The molecule has 23 heavy (non-hydrogen) atoms. The Hall–Kier alpha value is -3.02. The van der Waals surface area contributed by atoms with Gasteiger partial charge in [0, 0.05) is 19.0 Å². The van der Waals surface area contributed by atoms with Crippen LogP contribution < -0.4 is 14.8 Å². The summed E-state index contributed by atoms with van der Waals surface area (Å²) in [6.07, 6.45) is 0. The predicted molar refractivity (Wildman–Crippen MR) is 82.5 cm³/mol. The van der Waals surface area contributed by atoms with Crippen molar-refractivity contribution in [2.24, 2.45) is 0 Å². The molecule has 3 aromatic rings. The summed E-state index contributed by atoms with van der Waals surface area (Å²) in [5.74, 6) is 1.85. The molecule has 1 amide bonds. The van der Waals surface area contributed by atoms with E-state index < -0.39 is 0 Å². The lowest BCUT2D eigenvalue weighted by Crippen LogP contribution is -2.22. The third-order valence-corrected chi connectivity index (χ3v) is 3.65. The maximum absolute atomic E-state index is 12.3. The van der Waals surface area contributed by atoms with Crippen LogP contribution in [0.1, 0.15) is 21.8 Å². The van der Waals surface area contributed by atoms with Crippen LogP contribution in [-0.2, 0) is 6.54 Å². The van der Waals surface area contributed by atoms with Gasteiger partial charge in [0.25, 0.3) is 5.91 Å². The average molecular weight is 310 g/mol. The maximum atomic E-state index is 12.3. The summed E-state index contributed by atoms with van der Waals surface area (Å²) in [5, 5.41) is 2.88. The van der Waals surface area contributed by atoms with Gasteiger partial charge in [-0.2, -0.15) is 0 Å². The summed E-state index contributed by atoms with van der Waals surface area (Å²) in [4.78, 5) is 16.5. The fourth-order valence-electron chi connectivity index (χ4n) is 2.52. The molecule has 1 aliphatic rings.